The highest BCUT2D eigenvalue weighted by atomic mass is 79.9. The third kappa shape index (κ3) is 2.27. The van der Waals surface area contributed by atoms with Crippen molar-refractivity contribution in [2.75, 3.05) is 7.05 Å². The molecule has 15 heavy (non-hydrogen) atoms. The van der Waals surface area contributed by atoms with Crippen LogP contribution in [0.1, 0.15) is 11.4 Å². The predicted octanol–water partition coefficient (Wildman–Crippen LogP) is 2.59. The minimum atomic E-state index is 0.582. The fraction of sp³-hybridized carbons (Fsp3) is 0.333. The summed E-state index contributed by atoms with van der Waals surface area (Å²) in [5.74, 6) is 1.26. The summed E-state index contributed by atoms with van der Waals surface area (Å²) < 4.78 is 6.26. The molecule has 0 saturated carbocycles. The van der Waals surface area contributed by atoms with E-state index in [4.69, 9.17) is 4.52 Å². The number of nitrogens with one attached hydrogen (secondary N) is 1. The molecule has 0 atom stereocenters. The largest absolute Gasteiger partial charge is 0.333 e. The Hall–Kier alpha value is -0.720. The summed E-state index contributed by atoms with van der Waals surface area (Å²) >= 11 is 5.07. The zero-order valence-electron chi connectivity index (χ0n) is 8.37. The first kappa shape index (κ1) is 10.8. The van der Waals surface area contributed by atoms with E-state index in [-0.39, 0.29) is 0 Å². The van der Waals surface area contributed by atoms with Crippen LogP contribution in [-0.4, -0.2) is 17.2 Å². The summed E-state index contributed by atoms with van der Waals surface area (Å²) in [4.78, 5) is 5.27. The number of hydrogen-bond donors (Lipinski definition) is 1. The molecule has 0 saturated heterocycles. The van der Waals surface area contributed by atoms with Gasteiger partial charge in [0.05, 0.1) is 15.2 Å². The molecular weight excluding hydrogens is 278 g/mol. The SMILES string of the molecule is CNCc1noc(-c2cc(C)c(Br)s2)n1. The molecule has 6 heteroatoms. The maximum absolute atomic E-state index is 5.16. The van der Waals surface area contributed by atoms with Crippen LogP contribution in [0.2, 0.25) is 0 Å². The van der Waals surface area contributed by atoms with Crippen LogP contribution in [0.4, 0.5) is 0 Å². The first-order valence-electron chi connectivity index (χ1n) is 4.44. The fourth-order valence-corrected chi connectivity index (χ4v) is 2.61. The van der Waals surface area contributed by atoms with Crippen LogP contribution in [0.5, 0.6) is 0 Å². The standard InChI is InChI=1S/C9H10BrN3OS/c1-5-3-6(15-8(5)10)9-12-7(4-11-2)13-14-9/h3,11H,4H2,1-2H3. The zero-order chi connectivity index (χ0) is 10.8. The highest BCUT2D eigenvalue weighted by Gasteiger charge is 2.12. The minimum Gasteiger partial charge on any atom is -0.333 e. The average molecular weight is 288 g/mol. The Bertz CT molecular complexity index is 446. The fourth-order valence-electron chi connectivity index (χ4n) is 1.15. The first-order chi connectivity index (χ1) is 7.20. The van der Waals surface area contributed by atoms with E-state index >= 15 is 0 Å². The van der Waals surface area contributed by atoms with Crippen LogP contribution in [0.15, 0.2) is 14.4 Å². The molecule has 4 nitrogen and oxygen atoms in total. The molecule has 0 unspecified atom stereocenters. The lowest BCUT2D eigenvalue weighted by atomic mass is 10.3. The molecule has 2 heterocycles. The van der Waals surface area contributed by atoms with Gasteiger partial charge in [-0.15, -0.1) is 11.3 Å². The molecule has 0 amide bonds. The Morgan fingerprint density at radius 1 is 1.60 bits per heavy atom. The number of thiophene rings is 1. The van der Waals surface area contributed by atoms with Crippen LogP contribution in [0.3, 0.4) is 0 Å². The van der Waals surface area contributed by atoms with Crippen molar-refractivity contribution in [3.8, 4) is 10.8 Å². The molecule has 2 rings (SSSR count). The lowest BCUT2D eigenvalue weighted by Gasteiger charge is -1.86. The Balaban J connectivity index is 2.28. The van der Waals surface area contributed by atoms with Gasteiger partial charge >= 0.3 is 0 Å². The molecule has 0 bridgehead atoms. The van der Waals surface area contributed by atoms with Gasteiger partial charge in [-0.3, -0.25) is 0 Å². The number of halogens is 1. The van der Waals surface area contributed by atoms with Crippen molar-refractivity contribution in [3.63, 3.8) is 0 Å². The molecular formula is C9H10BrN3OS. The molecule has 1 N–H and O–H groups in total. The Kier molecular flexibility index (Phi) is 3.18. The molecule has 0 aliphatic carbocycles. The molecule has 80 valence electrons. The van der Waals surface area contributed by atoms with Gasteiger partial charge in [-0.1, -0.05) is 5.16 Å². The third-order valence-electron chi connectivity index (χ3n) is 1.87. The highest BCUT2D eigenvalue weighted by molar-refractivity contribution is 9.11. The van der Waals surface area contributed by atoms with Crippen molar-refractivity contribution in [3.05, 3.63) is 21.2 Å². The lowest BCUT2D eigenvalue weighted by Crippen LogP contribution is -2.06. The van der Waals surface area contributed by atoms with Gasteiger partial charge < -0.3 is 9.84 Å². The van der Waals surface area contributed by atoms with E-state index in [0.717, 1.165) is 8.66 Å². The number of hydrogen-bond acceptors (Lipinski definition) is 5. The second-order valence-electron chi connectivity index (χ2n) is 3.11. The Morgan fingerprint density at radius 2 is 2.40 bits per heavy atom. The topological polar surface area (TPSA) is 51.0 Å². The average Bonchev–Trinajstić information content (AvgIpc) is 2.76. The smallest absolute Gasteiger partial charge is 0.268 e. The summed E-state index contributed by atoms with van der Waals surface area (Å²) in [5.41, 5.74) is 1.18. The molecule has 0 radical (unpaired) electrons. The van der Waals surface area contributed by atoms with Gasteiger partial charge in [0, 0.05) is 0 Å². The maximum atomic E-state index is 5.16. The van der Waals surface area contributed by atoms with Crippen LogP contribution in [0.25, 0.3) is 10.8 Å². The van der Waals surface area contributed by atoms with Crippen molar-refractivity contribution < 1.29 is 4.52 Å². The van der Waals surface area contributed by atoms with Crippen LogP contribution in [-0.2, 0) is 6.54 Å². The van der Waals surface area contributed by atoms with E-state index < -0.39 is 0 Å². The van der Waals surface area contributed by atoms with Crippen molar-refractivity contribution in [2.45, 2.75) is 13.5 Å². The van der Waals surface area contributed by atoms with Crippen molar-refractivity contribution in [2.24, 2.45) is 0 Å². The predicted molar refractivity (Wildman–Crippen MR) is 62.8 cm³/mol. The van der Waals surface area contributed by atoms with Crippen LogP contribution in [0, 0.1) is 6.92 Å². The van der Waals surface area contributed by atoms with Crippen LogP contribution < -0.4 is 5.32 Å². The summed E-state index contributed by atoms with van der Waals surface area (Å²) in [6, 6.07) is 2.03. The van der Waals surface area contributed by atoms with Crippen molar-refractivity contribution in [1.29, 1.82) is 0 Å². The van der Waals surface area contributed by atoms with Crippen molar-refractivity contribution in [1.82, 2.24) is 15.5 Å². The van der Waals surface area contributed by atoms with E-state index in [0.29, 0.717) is 18.3 Å². The first-order valence-corrected chi connectivity index (χ1v) is 6.05. The summed E-state index contributed by atoms with van der Waals surface area (Å²) in [5, 5.41) is 6.84. The van der Waals surface area contributed by atoms with E-state index in [1.54, 1.807) is 11.3 Å². The maximum Gasteiger partial charge on any atom is 0.268 e. The lowest BCUT2D eigenvalue weighted by molar-refractivity contribution is 0.421. The van der Waals surface area contributed by atoms with Crippen molar-refractivity contribution >= 4 is 27.3 Å². The van der Waals surface area contributed by atoms with E-state index in [2.05, 4.69) is 31.4 Å². The van der Waals surface area contributed by atoms with Gasteiger partial charge in [0.15, 0.2) is 5.82 Å². The second kappa shape index (κ2) is 4.42. The molecule has 2 aromatic rings. The molecule has 0 spiro atoms. The molecule has 0 aliphatic heterocycles. The number of rotatable bonds is 3. The number of aromatic nitrogens is 2. The van der Waals surface area contributed by atoms with Crippen LogP contribution >= 0.6 is 27.3 Å². The van der Waals surface area contributed by atoms with Gasteiger partial charge in [0.2, 0.25) is 0 Å². The van der Waals surface area contributed by atoms with E-state index in [1.807, 2.05) is 20.0 Å². The minimum absolute atomic E-state index is 0.582. The number of nitrogens with zero attached hydrogens (tertiary/aromatic N) is 2. The summed E-state index contributed by atoms with van der Waals surface area (Å²) in [6.07, 6.45) is 0. The quantitative estimate of drug-likeness (QED) is 0.943. The normalized spacial score (nSPS) is 10.9. The highest BCUT2D eigenvalue weighted by Crippen LogP contribution is 2.33. The monoisotopic (exact) mass is 287 g/mol. The van der Waals surface area contributed by atoms with Gasteiger partial charge in [-0.05, 0) is 41.5 Å². The summed E-state index contributed by atoms with van der Waals surface area (Å²) in [7, 11) is 1.85. The van der Waals surface area contributed by atoms with Gasteiger partial charge in [-0.25, -0.2) is 0 Å². The molecule has 2 aromatic heterocycles. The second-order valence-corrected chi connectivity index (χ2v) is 5.48. The van der Waals surface area contributed by atoms with Gasteiger partial charge in [0.25, 0.3) is 5.89 Å². The Labute approximate surface area is 99.8 Å². The van der Waals surface area contributed by atoms with E-state index in [1.165, 1.54) is 5.56 Å². The Morgan fingerprint density at radius 3 is 3.00 bits per heavy atom. The van der Waals surface area contributed by atoms with Gasteiger partial charge in [0.1, 0.15) is 0 Å². The molecule has 0 aliphatic rings. The van der Waals surface area contributed by atoms with Gasteiger partial charge in [-0.2, -0.15) is 4.98 Å². The molecule has 0 aromatic carbocycles. The van der Waals surface area contributed by atoms with E-state index in [9.17, 15) is 0 Å². The number of aryl methyl sites for hydroxylation is 1. The summed E-state index contributed by atoms with van der Waals surface area (Å²) in [6.45, 7) is 2.66. The zero-order valence-corrected chi connectivity index (χ0v) is 10.8. The molecule has 0 fully saturated rings. The third-order valence-corrected chi connectivity index (χ3v) is 4.00.